The van der Waals surface area contributed by atoms with Crippen molar-refractivity contribution in [3.05, 3.63) is 51.8 Å². The van der Waals surface area contributed by atoms with Crippen LogP contribution < -0.4 is 4.74 Å². The predicted molar refractivity (Wildman–Crippen MR) is 103 cm³/mol. The number of rotatable bonds is 8. The molecule has 28 heavy (non-hydrogen) atoms. The number of hydrogen-bond donors (Lipinski definition) is 1. The van der Waals surface area contributed by atoms with Crippen LogP contribution in [-0.4, -0.2) is 42.0 Å². The number of carbonyl (C=O) groups is 3. The summed E-state index contributed by atoms with van der Waals surface area (Å²) in [5, 5.41) is 0.476. The van der Waals surface area contributed by atoms with Crippen molar-refractivity contribution in [2.75, 3.05) is 13.2 Å². The lowest BCUT2D eigenvalue weighted by Crippen LogP contribution is -2.28. The molecule has 1 aromatic heterocycles. The number of aromatic nitrogens is 1. The highest BCUT2D eigenvalue weighted by Crippen LogP contribution is 2.21. The van der Waals surface area contributed by atoms with Crippen molar-refractivity contribution < 1.29 is 28.6 Å². The molecule has 8 heteroatoms. The van der Waals surface area contributed by atoms with E-state index in [-0.39, 0.29) is 18.9 Å². The summed E-state index contributed by atoms with van der Waals surface area (Å²) in [6, 6.07) is 6.58. The van der Waals surface area contributed by atoms with E-state index in [1.807, 2.05) is 0 Å². The van der Waals surface area contributed by atoms with Gasteiger partial charge >= 0.3 is 11.9 Å². The van der Waals surface area contributed by atoms with Crippen molar-refractivity contribution in [2.45, 2.75) is 33.8 Å². The highest BCUT2D eigenvalue weighted by molar-refractivity contribution is 6.30. The average Bonchev–Trinajstić information content (AvgIpc) is 2.94. The summed E-state index contributed by atoms with van der Waals surface area (Å²) in [6.07, 6.45) is -1.05. The molecule has 0 saturated carbocycles. The van der Waals surface area contributed by atoms with Crippen molar-refractivity contribution in [1.82, 2.24) is 4.98 Å². The number of ether oxygens (including phenoxy) is 3. The van der Waals surface area contributed by atoms with E-state index in [2.05, 4.69) is 4.98 Å². The third kappa shape index (κ3) is 5.13. The van der Waals surface area contributed by atoms with Crippen LogP contribution in [0.2, 0.25) is 5.02 Å². The number of ketones is 1. The quantitative estimate of drug-likeness (QED) is 0.530. The minimum Gasteiger partial charge on any atom is -0.482 e. The van der Waals surface area contributed by atoms with Gasteiger partial charge in [-0.15, -0.1) is 0 Å². The number of halogens is 1. The van der Waals surface area contributed by atoms with Crippen LogP contribution in [0, 0.1) is 13.8 Å². The number of hydrogen-bond acceptors (Lipinski definition) is 6. The zero-order valence-corrected chi connectivity index (χ0v) is 16.9. The molecule has 1 N–H and O–H groups in total. The smallest absolute Gasteiger partial charge is 0.344 e. The maximum absolute atomic E-state index is 12.6. The van der Waals surface area contributed by atoms with Gasteiger partial charge in [0, 0.05) is 10.7 Å². The zero-order chi connectivity index (χ0) is 20.8. The summed E-state index contributed by atoms with van der Waals surface area (Å²) >= 11 is 5.85. The Balaban J connectivity index is 2.01. The lowest BCUT2D eigenvalue weighted by atomic mass is 10.1. The molecule has 0 spiro atoms. The summed E-state index contributed by atoms with van der Waals surface area (Å²) in [5.41, 5.74) is 1.49. The number of H-pyrrole nitrogens is 1. The SMILES string of the molecule is CCOC(=O)c1c(C)[nH]c(C(=O)[C@@H](C)OC(=O)COc2cccc(Cl)c2)c1C. The molecular formula is C20H22ClNO6. The van der Waals surface area contributed by atoms with Gasteiger partial charge in [-0.25, -0.2) is 9.59 Å². The summed E-state index contributed by atoms with van der Waals surface area (Å²) < 4.78 is 15.5. The van der Waals surface area contributed by atoms with E-state index < -0.39 is 23.8 Å². The fourth-order valence-corrected chi connectivity index (χ4v) is 2.87. The first-order valence-corrected chi connectivity index (χ1v) is 9.10. The summed E-state index contributed by atoms with van der Waals surface area (Å²) in [5.74, 6) is -1.25. The van der Waals surface area contributed by atoms with Crippen molar-refractivity contribution in [2.24, 2.45) is 0 Å². The van der Waals surface area contributed by atoms with Gasteiger partial charge in [-0.1, -0.05) is 17.7 Å². The molecule has 1 aromatic carbocycles. The van der Waals surface area contributed by atoms with E-state index in [0.717, 1.165) is 0 Å². The number of aryl methyl sites for hydroxylation is 1. The van der Waals surface area contributed by atoms with Crippen molar-refractivity contribution in [1.29, 1.82) is 0 Å². The molecular weight excluding hydrogens is 386 g/mol. The predicted octanol–water partition coefficient (Wildman–Crippen LogP) is 3.66. The van der Waals surface area contributed by atoms with Crippen LogP contribution in [0.15, 0.2) is 24.3 Å². The van der Waals surface area contributed by atoms with Crippen molar-refractivity contribution >= 4 is 29.3 Å². The second kappa shape index (κ2) is 9.41. The molecule has 1 heterocycles. The summed E-state index contributed by atoms with van der Waals surface area (Å²) in [7, 11) is 0. The van der Waals surface area contributed by atoms with Gasteiger partial charge in [0.2, 0.25) is 5.78 Å². The minimum atomic E-state index is -1.05. The van der Waals surface area contributed by atoms with E-state index in [9.17, 15) is 14.4 Å². The lowest BCUT2D eigenvalue weighted by Gasteiger charge is -2.13. The van der Waals surface area contributed by atoms with E-state index in [1.165, 1.54) is 6.92 Å². The second-order valence-electron chi connectivity index (χ2n) is 6.09. The molecule has 0 bridgehead atoms. The third-order valence-corrected chi connectivity index (χ3v) is 4.23. The van der Waals surface area contributed by atoms with E-state index in [0.29, 0.717) is 27.6 Å². The monoisotopic (exact) mass is 407 g/mol. The van der Waals surface area contributed by atoms with Gasteiger partial charge in [-0.05, 0) is 51.5 Å². The van der Waals surface area contributed by atoms with Crippen LogP contribution in [0.4, 0.5) is 0 Å². The second-order valence-corrected chi connectivity index (χ2v) is 6.52. The van der Waals surface area contributed by atoms with Gasteiger partial charge in [0.25, 0.3) is 0 Å². The maximum atomic E-state index is 12.6. The molecule has 150 valence electrons. The van der Waals surface area contributed by atoms with E-state index >= 15 is 0 Å². The maximum Gasteiger partial charge on any atom is 0.344 e. The average molecular weight is 408 g/mol. The number of carbonyl (C=O) groups excluding carboxylic acids is 3. The van der Waals surface area contributed by atoms with Crippen molar-refractivity contribution in [3.63, 3.8) is 0 Å². The van der Waals surface area contributed by atoms with E-state index in [1.54, 1.807) is 45.0 Å². The van der Waals surface area contributed by atoms with Crippen LogP contribution in [0.1, 0.15) is 46.0 Å². The number of nitrogens with one attached hydrogen (secondary N) is 1. The number of esters is 2. The molecule has 0 aliphatic heterocycles. The zero-order valence-electron chi connectivity index (χ0n) is 16.1. The third-order valence-electron chi connectivity index (χ3n) is 3.99. The Bertz CT molecular complexity index is 889. The largest absolute Gasteiger partial charge is 0.482 e. The van der Waals surface area contributed by atoms with Crippen LogP contribution in [0.25, 0.3) is 0 Å². The van der Waals surface area contributed by atoms with Crippen LogP contribution >= 0.6 is 11.6 Å². The molecule has 2 aromatic rings. The fraction of sp³-hybridized carbons (Fsp3) is 0.350. The topological polar surface area (TPSA) is 94.7 Å². The van der Waals surface area contributed by atoms with Crippen LogP contribution in [0.3, 0.4) is 0 Å². The Morgan fingerprint density at radius 2 is 1.93 bits per heavy atom. The molecule has 0 aliphatic carbocycles. The first-order valence-electron chi connectivity index (χ1n) is 8.72. The normalized spacial score (nSPS) is 11.6. The molecule has 2 rings (SSSR count). The van der Waals surface area contributed by atoms with Gasteiger partial charge in [0.05, 0.1) is 17.9 Å². The summed E-state index contributed by atoms with van der Waals surface area (Å²) in [6.45, 7) is 6.33. The van der Waals surface area contributed by atoms with Gasteiger partial charge in [-0.3, -0.25) is 4.79 Å². The minimum absolute atomic E-state index is 0.205. The molecule has 0 saturated heterocycles. The Hall–Kier alpha value is -2.80. The van der Waals surface area contributed by atoms with Crippen molar-refractivity contribution in [3.8, 4) is 5.75 Å². The Morgan fingerprint density at radius 3 is 2.57 bits per heavy atom. The molecule has 7 nitrogen and oxygen atoms in total. The standard InChI is InChI=1S/C20H22ClNO6/c1-5-26-20(25)17-11(2)18(22-12(17)3)19(24)13(4)28-16(23)10-27-15-8-6-7-14(21)9-15/h6-9,13,22H,5,10H2,1-4H3/t13-/m1/s1. The Morgan fingerprint density at radius 1 is 1.21 bits per heavy atom. The molecule has 0 unspecified atom stereocenters. The van der Waals surface area contributed by atoms with Gasteiger partial charge in [0.15, 0.2) is 12.7 Å². The molecule has 1 atom stereocenters. The first-order chi connectivity index (χ1) is 13.2. The Labute approximate surface area is 167 Å². The van der Waals surface area contributed by atoms with Crippen LogP contribution in [-0.2, 0) is 14.3 Å². The summed E-state index contributed by atoms with van der Waals surface area (Å²) in [4.78, 5) is 39.6. The van der Waals surface area contributed by atoms with Crippen LogP contribution in [0.5, 0.6) is 5.75 Å². The highest BCUT2D eigenvalue weighted by Gasteiger charge is 2.27. The first kappa shape index (κ1) is 21.5. The number of aromatic amines is 1. The van der Waals surface area contributed by atoms with E-state index in [4.69, 9.17) is 25.8 Å². The number of Topliss-reactive ketones (excluding diaryl/α,β-unsaturated/α-hetero) is 1. The molecule has 0 aliphatic rings. The Kier molecular flexibility index (Phi) is 7.23. The molecule has 0 amide bonds. The number of benzene rings is 1. The van der Waals surface area contributed by atoms with Gasteiger partial charge in [0.1, 0.15) is 5.75 Å². The fourth-order valence-electron chi connectivity index (χ4n) is 2.69. The molecule has 0 fully saturated rings. The highest BCUT2D eigenvalue weighted by atomic mass is 35.5. The molecule has 0 radical (unpaired) electrons. The lowest BCUT2D eigenvalue weighted by molar-refractivity contribution is -0.148. The van der Waals surface area contributed by atoms with Gasteiger partial charge < -0.3 is 19.2 Å². The van der Waals surface area contributed by atoms with Gasteiger partial charge in [-0.2, -0.15) is 0 Å².